The molecule has 0 spiro atoms. The fourth-order valence-corrected chi connectivity index (χ4v) is 3.13. The van der Waals surface area contributed by atoms with Gasteiger partial charge in [-0.2, -0.15) is 8.42 Å². The average Bonchev–Trinajstić information content (AvgIpc) is 2.62. The van der Waals surface area contributed by atoms with Crippen molar-refractivity contribution in [3.8, 4) is 22.9 Å². The van der Waals surface area contributed by atoms with Gasteiger partial charge in [-0.25, -0.2) is 4.98 Å². The van der Waals surface area contributed by atoms with Crippen LogP contribution in [0.1, 0.15) is 5.56 Å². The lowest BCUT2D eigenvalue weighted by Gasteiger charge is -2.08. The number of rotatable bonds is 5. The standard InChI is InChI=1S/C19H17NO4S/c1-14-6-12-17(13-7-14)25(21,22)24-19-5-3-4-18(20-19)15-8-10-16(23-2)11-9-15/h3-13H,1-2H3. The second-order valence-electron chi connectivity index (χ2n) is 5.44. The third kappa shape index (κ3) is 3.97. The summed E-state index contributed by atoms with van der Waals surface area (Å²) in [6.45, 7) is 1.89. The Kier molecular flexibility index (Phi) is 4.72. The SMILES string of the molecule is COc1ccc(-c2cccc(OS(=O)(=O)c3ccc(C)cc3)n2)cc1. The Hall–Kier alpha value is -2.86. The quantitative estimate of drug-likeness (QED) is 0.651. The lowest BCUT2D eigenvalue weighted by atomic mass is 10.1. The molecule has 0 amide bonds. The zero-order valence-corrected chi connectivity index (χ0v) is 14.7. The van der Waals surface area contributed by atoms with E-state index in [1.165, 1.54) is 18.2 Å². The van der Waals surface area contributed by atoms with E-state index in [0.29, 0.717) is 5.69 Å². The van der Waals surface area contributed by atoms with Gasteiger partial charge in [-0.15, -0.1) is 0 Å². The Morgan fingerprint density at radius 3 is 2.20 bits per heavy atom. The molecule has 0 atom stereocenters. The van der Waals surface area contributed by atoms with Gasteiger partial charge in [-0.05, 0) is 49.4 Å². The Morgan fingerprint density at radius 2 is 1.56 bits per heavy atom. The van der Waals surface area contributed by atoms with Gasteiger partial charge < -0.3 is 8.92 Å². The average molecular weight is 355 g/mol. The molecule has 0 aliphatic rings. The molecule has 25 heavy (non-hydrogen) atoms. The number of nitrogens with zero attached hydrogens (tertiary/aromatic N) is 1. The van der Waals surface area contributed by atoms with Crippen molar-refractivity contribution < 1.29 is 17.3 Å². The van der Waals surface area contributed by atoms with Crippen LogP contribution in [0.15, 0.2) is 71.6 Å². The molecular weight excluding hydrogens is 338 g/mol. The number of benzene rings is 2. The summed E-state index contributed by atoms with van der Waals surface area (Å²) in [5.74, 6) is 0.756. The molecule has 3 rings (SSSR count). The summed E-state index contributed by atoms with van der Waals surface area (Å²) in [5, 5.41) is 0. The van der Waals surface area contributed by atoms with E-state index in [4.69, 9.17) is 8.92 Å². The van der Waals surface area contributed by atoms with Crippen molar-refractivity contribution in [2.24, 2.45) is 0 Å². The first-order chi connectivity index (χ1) is 12.0. The van der Waals surface area contributed by atoms with Gasteiger partial charge in [0.15, 0.2) is 0 Å². The van der Waals surface area contributed by atoms with Crippen molar-refractivity contribution in [3.05, 3.63) is 72.3 Å². The molecule has 0 N–H and O–H groups in total. The molecule has 0 aliphatic carbocycles. The lowest BCUT2D eigenvalue weighted by molar-refractivity contribution is 0.415. The number of aryl methyl sites for hydroxylation is 1. The monoisotopic (exact) mass is 355 g/mol. The summed E-state index contributed by atoms with van der Waals surface area (Å²) < 4.78 is 35.0. The van der Waals surface area contributed by atoms with Crippen LogP contribution < -0.4 is 8.92 Å². The van der Waals surface area contributed by atoms with Crippen molar-refractivity contribution in [3.63, 3.8) is 0 Å². The van der Waals surface area contributed by atoms with E-state index in [-0.39, 0.29) is 10.8 Å². The maximum atomic E-state index is 12.4. The second kappa shape index (κ2) is 6.94. The molecule has 0 aliphatic heterocycles. The Balaban J connectivity index is 1.87. The number of pyridine rings is 1. The number of methoxy groups -OCH3 is 1. The van der Waals surface area contributed by atoms with Crippen molar-refractivity contribution >= 4 is 10.1 Å². The van der Waals surface area contributed by atoms with E-state index >= 15 is 0 Å². The minimum Gasteiger partial charge on any atom is -0.497 e. The molecule has 0 fully saturated rings. The molecule has 3 aromatic rings. The van der Waals surface area contributed by atoms with E-state index in [9.17, 15) is 8.42 Å². The molecule has 0 bridgehead atoms. The Morgan fingerprint density at radius 1 is 0.880 bits per heavy atom. The fraction of sp³-hybridized carbons (Fsp3) is 0.105. The fourth-order valence-electron chi connectivity index (χ4n) is 2.25. The van der Waals surface area contributed by atoms with Gasteiger partial charge in [0.05, 0.1) is 12.8 Å². The third-order valence-electron chi connectivity index (χ3n) is 3.61. The van der Waals surface area contributed by atoms with Crippen LogP contribution in [0.3, 0.4) is 0 Å². The van der Waals surface area contributed by atoms with Crippen LogP contribution in [0.2, 0.25) is 0 Å². The summed E-state index contributed by atoms with van der Waals surface area (Å²) in [4.78, 5) is 4.38. The van der Waals surface area contributed by atoms with Crippen LogP contribution in [-0.2, 0) is 10.1 Å². The van der Waals surface area contributed by atoms with E-state index in [1.807, 2.05) is 31.2 Å². The Bertz CT molecular complexity index is 965. The molecule has 0 unspecified atom stereocenters. The van der Waals surface area contributed by atoms with Gasteiger partial charge in [0, 0.05) is 11.6 Å². The van der Waals surface area contributed by atoms with Crippen molar-refractivity contribution in [2.75, 3.05) is 7.11 Å². The molecule has 0 radical (unpaired) electrons. The van der Waals surface area contributed by atoms with Crippen molar-refractivity contribution in [2.45, 2.75) is 11.8 Å². The Labute approximate surface area is 147 Å². The van der Waals surface area contributed by atoms with Crippen LogP contribution in [0.5, 0.6) is 11.6 Å². The van der Waals surface area contributed by atoms with Crippen LogP contribution >= 0.6 is 0 Å². The largest absolute Gasteiger partial charge is 0.497 e. The molecule has 6 heteroatoms. The smallest absolute Gasteiger partial charge is 0.340 e. The number of hydrogen-bond acceptors (Lipinski definition) is 5. The highest BCUT2D eigenvalue weighted by Gasteiger charge is 2.17. The lowest BCUT2D eigenvalue weighted by Crippen LogP contribution is -2.10. The van der Waals surface area contributed by atoms with E-state index in [2.05, 4.69) is 4.98 Å². The van der Waals surface area contributed by atoms with E-state index in [0.717, 1.165) is 16.9 Å². The van der Waals surface area contributed by atoms with Crippen LogP contribution in [0, 0.1) is 6.92 Å². The third-order valence-corrected chi connectivity index (χ3v) is 4.85. The first-order valence-corrected chi connectivity index (χ1v) is 9.01. The summed E-state index contributed by atoms with van der Waals surface area (Å²) in [6.07, 6.45) is 0. The van der Waals surface area contributed by atoms with Gasteiger partial charge in [-0.3, -0.25) is 0 Å². The molecule has 1 heterocycles. The summed E-state index contributed by atoms with van der Waals surface area (Å²) in [5.41, 5.74) is 2.41. The molecule has 5 nitrogen and oxygen atoms in total. The highest BCUT2D eigenvalue weighted by atomic mass is 32.2. The van der Waals surface area contributed by atoms with Crippen LogP contribution in [0.25, 0.3) is 11.3 Å². The predicted octanol–water partition coefficient (Wildman–Crippen LogP) is 3.83. The number of ether oxygens (including phenoxy) is 1. The predicted molar refractivity (Wildman–Crippen MR) is 95.2 cm³/mol. The summed E-state index contributed by atoms with van der Waals surface area (Å²) >= 11 is 0. The van der Waals surface area contributed by atoms with Crippen molar-refractivity contribution in [1.82, 2.24) is 4.98 Å². The molecular formula is C19H17NO4S. The van der Waals surface area contributed by atoms with Crippen LogP contribution in [-0.4, -0.2) is 20.5 Å². The van der Waals surface area contributed by atoms with E-state index < -0.39 is 10.1 Å². The molecule has 0 saturated heterocycles. The highest BCUT2D eigenvalue weighted by Crippen LogP contribution is 2.24. The van der Waals surface area contributed by atoms with Gasteiger partial charge in [0.2, 0.25) is 5.88 Å². The van der Waals surface area contributed by atoms with Gasteiger partial charge >= 0.3 is 10.1 Å². The first kappa shape index (κ1) is 17.0. The molecule has 128 valence electrons. The number of hydrogen-bond donors (Lipinski definition) is 0. The zero-order chi connectivity index (χ0) is 17.9. The van der Waals surface area contributed by atoms with Gasteiger partial charge in [0.1, 0.15) is 10.6 Å². The van der Waals surface area contributed by atoms with E-state index in [1.54, 1.807) is 31.4 Å². The maximum absolute atomic E-state index is 12.4. The highest BCUT2D eigenvalue weighted by molar-refractivity contribution is 7.87. The minimum absolute atomic E-state index is 0.0221. The normalized spacial score (nSPS) is 11.1. The maximum Gasteiger partial charge on any atom is 0.340 e. The van der Waals surface area contributed by atoms with Gasteiger partial charge in [0.25, 0.3) is 0 Å². The molecule has 0 saturated carbocycles. The van der Waals surface area contributed by atoms with Crippen LogP contribution in [0.4, 0.5) is 0 Å². The summed E-state index contributed by atoms with van der Waals surface area (Å²) in [7, 11) is -2.33. The molecule has 2 aromatic carbocycles. The summed E-state index contributed by atoms with van der Waals surface area (Å²) in [6, 6.07) is 18.8. The first-order valence-electron chi connectivity index (χ1n) is 7.60. The minimum atomic E-state index is -3.92. The topological polar surface area (TPSA) is 65.5 Å². The van der Waals surface area contributed by atoms with Crippen molar-refractivity contribution in [1.29, 1.82) is 0 Å². The zero-order valence-electron chi connectivity index (χ0n) is 13.8. The van der Waals surface area contributed by atoms with Gasteiger partial charge in [-0.1, -0.05) is 23.8 Å². The second-order valence-corrected chi connectivity index (χ2v) is 6.99. The number of aromatic nitrogens is 1. The molecule has 1 aromatic heterocycles.